The first kappa shape index (κ1) is 21.5. The van der Waals surface area contributed by atoms with E-state index < -0.39 is 0 Å². The second-order valence-corrected chi connectivity index (χ2v) is 7.90. The molecule has 164 valence electrons. The molecule has 0 unspecified atom stereocenters. The molecule has 0 spiro atoms. The van der Waals surface area contributed by atoms with Crippen molar-refractivity contribution in [1.29, 1.82) is 0 Å². The maximum absolute atomic E-state index is 9.20. The van der Waals surface area contributed by atoms with Crippen molar-refractivity contribution in [2.75, 3.05) is 43.3 Å². The van der Waals surface area contributed by atoms with Gasteiger partial charge >= 0.3 is 0 Å². The molecule has 0 saturated heterocycles. The molecule has 0 aliphatic carbocycles. The third kappa shape index (κ3) is 4.61. The van der Waals surface area contributed by atoms with Gasteiger partial charge < -0.3 is 25.8 Å². The van der Waals surface area contributed by atoms with E-state index >= 15 is 0 Å². The molecule has 0 amide bonds. The summed E-state index contributed by atoms with van der Waals surface area (Å²) < 4.78 is 5.53. The second kappa shape index (κ2) is 9.58. The Hall–Kier alpha value is -3.76. The first-order valence-corrected chi connectivity index (χ1v) is 10.7. The van der Waals surface area contributed by atoms with E-state index in [0.717, 1.165) is 16.3 Å². The van der Waals surface area contributed by atoms with Crippen LogP contribution >= 0.6 is 11.3 Å². The number of rotatable bonds is 8. The fourth-order valence-electron chi connectivity index (χ4n) is 3.14. The number of aliphatic hydroxyl groups is 1. The van der Waals surface area contributed by atoms with Crippen LogP contribution in [-0.4, -0.2) is 52.6 Å². The number of aliphatic hydroxyl groups excluding tert-OH is 1. The van der Waals surface area contributed by atoms with Crippen LogP contribution in [0.5, 0.6) is 5.75 Å². The van der Waals surface area contributed by atoms with Gasteiger partial charge in [-0.05, 0) is 12.1 Å². The Morgan fingerprint density at radius 2 is 1.91 bits per heavy atom. The van der Waals surface area contributed by atoms with E-state index in [1.165, 1.54) is 11.3 Å². The first-order valence-electron chi connectivity index (χ1n) is 9.88. The largest absolute Gasteiger partial charge is 0.494 e. The number of ether oxygens (including phenoxy) is 1. The highest BCUT2D eigenvalue weighted by Crippen LogP contribution is 2.36. The van der Waals surface area contributed by atoms with Crippen LogP contribution in [-0.2, 0) is 0 Å². The third-order valence-corrected chi connectivity index (χ3v) is 5.76. The third-order valence-electron chi connectivity index (χ3n) is 4.76. The van der Waals surface area contributed by atoms with E-state index in [-0.39, 0.29) is 6.61 Å². The van der Waals surface area contributed by atoms with E-state index in [9.17, 15) is 5.11 Å². The van der Waals surface area contributed by atoms with Crippen LogP contribution in [0.25, 0.3) is 21.3 Å². The number of hydrogen-bond acceptors (Lipinski definition) is 10. The second-order valence-electron chi connectivity index (χ2n) is 6.93. The van der Waals surface area contributed by atoms with E-state index in [1.807, 2.05) is 48.3 Å². The van der Waals surface area contributed by atoms with Crippen molar-refractivity contribution >= 4 is 34.3 Å². The van der Waals surface area contributed by atoms with Crippen molar-refractivity contribution in [1.82, 2.24) is 20.2 Å². The van der Waals surface area contributed by atoms with Gasteiger partial charge in [-0.15, -0.1) is 10.2 Å². The minimum atomic E-state index is 0.0243. The average Bonchev–Trinajstić information content (AvgIpc) is 3.31. The summed E-state index contributed by atoms with van der Waals surface area (Å²) in [4.78, 5) is 10.8. The summed E-state index contributed by atoms with van der Waals surface area (Å²) in [6.07, 6.45) is 1.66. The van der Waals surface area contributed by atoms with Gasteiger partial charge in [-0.2, -0.15) is 0 Å². The van der Waals surface area contributed by atoms with Gasteiger partial charge in [0.15, 0.2) is 5.01 Å². The number of benzene rings is 2. The Bertz CT molecular complexity index is 1200. The standard InChI is InChI=1S/C22H23N7O2S/c1-29(10-11-30)18-13-19(31-2)17(12-15(18)23)26-22-24-9-8-16(25-22)21-28-27-20(32-21)14-6-4-3-5-7-14/h3-9,12-13,30H,10-11,23H2,1-2H3,(H,24,25,26). The quantitative estimate of drug-likeness (QED) is 0.347. The van der Waals surface area contributed by atoms with Crippen molar-refractivity contribution in [3.8, 4) is 27.0 Å². The highest BCUT2D eigenvalue weighted by Gasteiger charge is 2.15. The summed E-state index contributed by atoms with van der Waals surface area (Å²) in [5, 5.41) is 22.5. The Kier molecular flexibility index (Phi) is 6.43. The fraction of sp³-hybridized carbons (Fsp3) is 0.182. The molecule has 10 heteroatoms. The lowest BCUT2D eigenvalue weighted by Gasteiger charge is -2.22. The lowest BCUT2D eigenvalue weighted by Crippen LogP contribution is -2.22. The van der Waals surface area contributed by atoms with Crippen molar-refractivity contribution in [2.24, 2.45) is 0 Å². The van der Waals surface area contributed by atoms with Crippen LogP contribution < -0.4 is 20.7 Å². The van der Waals surface area contributed by atoms with Crippen LogP contribution in [0.15, 0.2) is 54.7 Å². The summed E-state index contributed by atoms with van der Waals surface area (Å²) in [5.41, 5.74) is 9.83. The lowest BCUT2D eigenvalue weighted by atomic mass is 10.2. The molecule has 9 nitrogen and oxygen atoms in total. The Morgan fingerprint density at radius 3 is 2.66 bits per heavy atom. The molecule has 0 bridgehead atoms. The molecule has 0 aliphatic rings. The molecule has 0 saturated carbocycles. The van der Waals surface area contributed by atoms with Crippen LogP contribution in [0, 0.1) is 0 Å². The van der Waals surface area contributed by atoms with Crippen LogP contribution in [0.1, 0.15) is 0 Å². The Balaban J connectivity index is 1.60. The molecule has 0 atom stereocenters. The fourth-order valence-corrected chi connectivity index (χ4v) is 3.95. The highest BCUT2D eigenvalue weighted by atomic mass is 32.1. The molecule has 4 N–H and O–H groups in total. The number of likely N-dealkylation sites (N-methyl/N-ethyl adjacent to an activating group) is 1. The SMILES string of the molecule is COc1cc(N(C)CCO)c(N)cc1Nc1nccc(-c2nnc(-c3ccccc3)s2)n1. The number of hydrogen-bond donors (Lipinski definition) is 3. The molecule has 2 aromatic heterocycles. The number of methoxy groups -OCH3 is 1. The monoisotopic (exact) mass is 449 g/mol. The number of aromatic nitrogens is 4. The van der Waals surface area contributed by atoms with E-state index in [2.05, 4.69) is 25.5 Å². The predicted molar refractivity (Wildman–Crippen MR) is 127 cm³/mol. The van der Waals surface area contributed by atoms with Gasteiger partial charge in [0.2, 0.25) is 5.95 Å². The Morgan fingerprint density at radius 1 is 1.12 bits per heavy atom. The minimum Gasteiger partial charge on any atom is -0.494 e. The normalized spacial score (nSPS) is 10.7. The van der Waals surface area contributed by atoms with Gasteiger partial charge in [0.05, 0.1) is 30.8 Å². The van der Waals surface area contributed by atoms with Gasteiger partial charge in [-0.25, -0.2) is 9.97 Å². The molecule has 4 aromatic rings. The van der Waals surface area contributed by atoms with E-state index in [1.54, 1.807) is 25.4 Å². The molecule has 2 heterocycles. The molecule has 0 aliphatic heterocycles. The summed E-state index contributed by atoms with van der Waals surface area (Å²) in [6.45, 7) is 0.481. The van der Waals surface area contributed by atoms with Gasteiger partial charge in [0.25, 0.3) is 0 Å². The van der Waals surface area contributed by atoms with Crippen LogP contribution in [0.4, 0.5) is 23.0 Å². The van der Waals surface area contributed by atoms with Gasteiger partial charge in [0.1, 0.15) is 16.5 Å². The molecule has 2 aromatic carbocycles. The predicted octanol–water partition coefficient (Wildman–Crippen LogP) is 3.43. The molecule has 0 fully saturated rings. The van der Waals surface area contributed by atoms with Crippen LogP contribution in [0.2, 0.25) is 0 Å². The number of anilines is 4. The number of nitrogens with zero attached hydrogens (tertiary/aromatic N) is 5. The van der Waals surface area contributed by atoms with Gasteiger partial charge in [-0.3, -0.25) is 0 Å². The number of nitrogens with two attached hydrogens (primary N) is 1. The summed E-state index contributed by atoms with van der Waals surface area (Å²) in [7, 11) is 3.43. The maximum atomic E-state index is 9.20. The summed E-state index contributed by atoms with van der Waals surface area (Å²) in [5.74, 6) is 0.961. The average molecular weight is 450 g/mol. The maximum Gasteiger partial charge on any atom is 0.227 e. The van der Waals surface area contributed by atoms with E-state index in [0.29, 0.717) is 40.3 Å². The first-order chi connectivity index (χ1) is 15.6. The molecule has 0 radical (unpaired) electrons. The Labute approximate surface area is 189 Å². The summed E-state index contributed by atoms with van der Waals surface area (Å²) in [6, 6.07) is 15.3. The van der Waals surface area contributed by atoms with E-state index in [4.69, 9.17) is 10.5 Å². The van der Waals surface area contributed by atoms with Crippen LogP contribution in [0.3, 0.4) is 0 Å². The molecule has 32 heavy (non-hydrogen) atoms. The summed E-state index contributed by atoms with van der Waals surface area (Å²) >= 11 is 1.46. The zero-order valence-corrected chi connectivity index (χ0v) is 18.5. The van der Waals surface area contributed by atoms with Crippen molar-refractivity contribution in [3.63, 3.8) is 0 Å². The van der Waals surface area contributed by atoms with Gasteiger partial charge in [0, 0.05) is 31.4 Å². The number of nitrogens with one attached hydrogen (secondary N) is 1. The topological polar surface area (TPSA) is 122 Å². The highest BCUT2D eigenvalue weighted by molar-refractivity contribution is 7.17. The van der Waals surface area contributed by atoms with Crippen molar-refractivity contribution in [2.45, 2.75) is 0 Å². The zero-order valence-electron chi connectivity index (χ0n) is 17.7. The molecule has 4 rings (SSSR count). The van der Waals surface area contributed by atoms with Crippen molar-refractivity contribution < 1.29 is 9.84 Å². The lowest BCUT2D eigenvalue weighted by molar-refractivity contribution is 0.304. The molecular formula is C22H23N7O2S. The number of nitrogen functional groups attached to an aromatic ring is 1. The van der Waals surface area contributed by atoms with Gasteiger partial charge in [-0.1, -0.05) is 41.7 Å². The van der Waals surface area contributed by atoms with Crippen molar-refractivity contribution in [3.05, 3.63) is 54.7 Å². The smallest absolute Gasteiger partial charge is 0.227 e. The minimum absolute atomic E-state index is 0.0243. The zero-order chi connectivity index (χ0) is 22.5. The molecular weight excluding hydrogens is 426 g/mol.